The minimum atomic E-state index is 0.249. The van der Waals surface area contributed by atoms with Crippen LogP contribution >= 0.6 is 0 Å². The zero-order valence-electron chi connectivity index (χ0n) is 16.8. The predicted octanol–water partition coefficient (Wildman–Crippen LogP) is 4.29. The highest BCUT2D eigenvalue weighted by Gasteiger charge is 2.18. The third-order valence-corrected chi connectivity index (χ3v) is 5.18. The van der Waals surface area contributed by atoms with Gasteiger partial charge in [0.05, 0.1) is 24.9 Å². The highest BCUT2D eigenvalue weighted by Crippen LogP contribution is 2.22. The van der Waals surface area contributed by atoms with E-state index in [4.69, 9.17) is 4.74 Å². The molecule has 3 aromatic rings. The van der Waals surface area contributed by atoms with E-state index < -0.39 is 0 Å². The van der Waals surface area contributed by atoms with Gasteiger partial charge in [-0.15, -0.1) is 5.10 Å². The first-order chi connectivity index (χ1) is 14.3. The van der Waals surface area contributed by atoms with Crippen molar-refractivity contribution in [2.24, 2.45) is 0 Å². The summed E-state index contributed by atoms with van der Waals surface area (Å²) in [5, 5.41) is 12.0. The molecule has 148 valence electrons. The third-order valence-electron chi connectivity index (χ3n) is 5.18. The van der Waals surface area contributed by atoms with Gasteiger partial charge in [0.15, 0.2) is 0 Å². The molecule has 0 unspecified atom stereocenters. The van der Waals surface area contributed by atoms with Crippen LogP contribution in [0.4, 0.5) is 5.69 Å². The molecule has 0 aliphatic carbocycles. The number of benzene rings is 2. The van der Waals surface area contributed by atoms with Crippen molar-refractivity contribution < 1.29 is 4.74 Å². The Bertz CT molecular complexity index is 977. The summed E-state index contributed by atoms with van der Waals surface area (Å²) in [6, 6.07) is 18.3. The van der Waals surface area contributed by atoms with Crippen LogP contribution in [0.1, 0.15) is 30.5 Å². The first-order valence-electron chi connectivity index (χ1n) is 10.2. The van der Waals surface area contributed by atoms with E-state index >= 15 is 0 Å². The normalized spacial score (nSPS) is 16.1. The third kappa shape index (κ3) is 5.04. The number of aromatic nitrogens is 3. The van der Waals surface area contributed by atoms with E-state index in [-0.39, 0.29) is 6.10 Å². The molecular weight excluding hydrogens is 360 g/mol. The molecule has 1 aliphatic rings. The molecule has 0 amide bonds. The van der Waals surface area contributed by atoms with Gasteiger partial charge in [-0.1, -0.05) is 47.4 Å². The van der Waals surface area contributed by atoms with Crippen LogP contribution in [-0.4, -0.2) is 34.2 Å². The van der Waals surface area contributed by atoms with E-state index in [0.717, 1.165) is 54.2 Å². The lowest BCUT2D eigenvalue weighted by Gasteiger charge is -2.22. The smallest absolute Gasteiger partial charge is 0.115 e. The Labute approximate surface area is 172 Å². The van der Waals surface area contributed by atoms with Crippen molar-refractivity contribution in [1.29, 1.82) is 0 Å². The molecule has 1 fully saturated rings. The molecular formula is C24H26N4O. The average Bonchev–Trinajstić information content (AvgIpc) is 3.13. The molecule has 1 aromatic heterocycles. The number of hydrogen-bond donors (Lipinski definition) is 1. The van der Waals surface area contributed by atoms with Gasteiger partial charge in [-0.2, -0.15) is 0 Å². The number of hydrogen-bond acceptors (Lipinski definition) is 4. The molecule has 0 radical (unpaired) electrons. The van der Waals surface area contributed by atoms with E-state index in [1.54, 1.807) is 0 Å². The number of rotatable bonds is 5. The summed E-state index contributed by atoms with van der Waals surface area (Å²) in [5.41, 5.74) is 5.13. The molecule has 5 heteroatoms. The minimum Gasteiger partial charge on any atom is -0.376 e. The largest absolute Gasteiger partial charge is 0.376 e. The van der Waals surface area contributed by atoms with Gasteiger partial charge in [-0.3, -0.25) is 0 Å². The molecule has 1 aliphatic heterocycles. The highest BCUT2D eigenvalue weighted by atomic mass is 16.5. The lowest BCUT2D eigenvalue weighted by molar-refractivity contribution is 0.00337. The lowest BCUT2D eigenvalue weighted by atomic mass is 10.1. The zero-order chi connectivity index (χ0) is 19.9. The number of para-hydroxylation sites is 1. The van der Waals surface area contributed by atoms with Crippen molar-refractivity contribution in [1.82, 2.24) is 15.0 Å². The van der Waals surface area contributed by atoms with Crippen molar-refractivity contribution in [3.8, 4) is 23.1 Å². The van der Waals surface area contributed by atoms with Crippen LogP contribution in [-0.2, 0) is 11.3 Å². The average molecular weight is 386 g/mol. The topological polar surface area (TPSA) is 52.0 Å². The summed E-state index contributed by atoms with van der Waals surface area (Å²) in [4.78, 5) is 0. The summed E-state index contributed by atoms with van der Waals surface area (Å²) in [6.45, 7) is 4.31. The summed E-state index contributed by atoms with van der Waals surface area (Å²) >= 11 is 0. The molecule has 4 rings (SSSR count). The van der Waals surface area contributed by atoms with Gasteiger partial charge in [0, 0.05) is 23.4 Å². The van der Waals surface area contributed by atoms with Crippen molar-refractivity contribution >= 4 is 5.69 Å². The van der Waals surface area contributed by atoms with Crippen LogP contribution in [0.25, 0.3) is 11.3 Å². The maximum Gasteiger partial charge on any atom is 0.115 e. The van der Waals surface area contributed by atoms with Crippen molar-refractivity contribution in [2.45, 2.75) is 38.8 Å². The van der Waals surface area contributed by atoms with Crippen LogP contribution in [0.3, 0.4) is 0 Å². The SMILES string of the molecule is Cc1c(-c2ccc(C#CCNc3ccccc3)cc2)nnn1C[C@H]1CCCCO1. The molecule has 0 bridgehead atoms. The van der Waals surface area contributed by atoms with E-state index in [2.05, 4.69) is 46.5 Å². The monoisotopic (exact) mass is 386 g/mol. The molecule has 1 saturated heterocycles. The van der Waals surface area contributed by atoms with Gasteiger partial charge >= 0.3 is 0 Å². The van der Waals surface area contributed by atoms with Crippen LogP contribution in [0.2, 0.25) is 0 Å². The van der Waals surface area contributed by atoms with E-state index in [1.807, 2.05) is 47.1 Å². The lowest BCUT2D eigenvalue weighted by Crippen LogP contribution is -2.25. The van der Waals surface area contributed by atoms with E-state index in [9.17, 15) is 0 Å². The van der Waals surface area contributed by atoms with Crippen LogP contribution in [0.5, 0.6) is 0 Å². The second-order valence-corrected chi connectivity index (χ2v) is 7.29. The molecule has 29 heavy (non-hydrogen) atoms. The molecule has 2 aromatic carbocycles. The number of ether oxygens (including phenoxy) is 1. The number of anilines is 1. The summed E-state index contributed by atoms with van der Waals surface area (Å²) in [5.74, 6) is 6.36. The Balaban J connectivity index is 1.37. The van der Waals surface area contributed by atoms with Crippen LogP contribution < -0.4 is 5.32 Å². The predicted molar refractivity (Wildman–Crippen MR) is 116 cm³/mol. The minimum absolute atomic E-state index is 0.249. The second-order valence-electron chi connectivity index (χ2n) is 7.29. The van der Waals surface area contributed by atoms with Crippen LogP contribution in [0.15, 0.2) is 54.6 Å². The molecule has 2 heterocycles. The molecule has 1 atom stereocenters. The maximum atomic E-state index is 5.83. The van der Waals surface area contributed by atoms with Gasteiger partial charge in [0.25, 0.3) is 0 Å². The highest BCUT2D eigenvalue weighted by molar-refractivity contribution is 5.62. The fraction of sp³-hybridized carbons (Fsp3) is 0.333. The second kappa shape index (κ2) is 9.40. The first-order valence-corrected chi connectivity index (χ1v) is 10.2. The van der Waals surface area contributed by atoms with Gasteiger partial charge in [0.2, 0.25) is 0 Å². The van der Waals surface area contributed by atoms with Gasteiger partial charge in [-0.05, 0) is 50.5 Å². The fourth-order valence-electron chi connectivity index (χ4n) is 3.50. The van der Waals surface area contributed by atoms with E-state index in [1.165, 1.54) is 6.42 Å². The Morgan fingerprint density at radius 1 is 1.10 bits per heavy atom. The summed E-state index contributed by atoms with van der Waals surface area (Å²) in [7, 11) is 0. The number of nitrogens with zero attached hydrogens (tertiary/aromatic N) is 3. The van der Waals surface area contributed by atoms with E-state index in [0.29, 0.717) is 6.54 Å². The Morgan fingerprint density at radius 3 is 2.69 bits per heavy atom. The Morgan fingerprint density at radius 2 is 1.93 bits per heavy atom. The summed E-state index contributed by atoms with van der Waals surface area (Å²) < 4.78 is 7.80. The Kier molecular flexibility index (Phi) is 6.23. The van der Waals surface area contributed by atoms with Crippen molar-refractivity contribution in [3.63, 3.8) is 0 Å². The Hall–Kier alpha value is -3.10. The zero-order valence-corrected chi connectivity index (χ0v) is 16.8. The van der Waals surface area contributed by atoms with Crippen molar-refractivity contribution in [2.75, 3.05) is 18.5 Å². The van der Waals surface area contributed by atoms with Gasteiger partial charge in [0.1, 0.15) is 5.69 Å². The molecule has 1 N–H and O–H groups in total. The fourth-order valence-corrected chi connectivity index (χ4v) is 3.50. The van der Waals surface area contributed by atoms with Crippen LogP contribution in [0, 0.1) is 18.8 Å². The standard InChI is InChI=1S/C24H26N4O/c1-19-24(26-27-28(19)18-23-11-5-6-17-29-23)21-14-12-20(13-15-21)8-7-16-25-22-9-3-2-4-10-22/h2-4,9-10,12-15,23,25H,5-6,11,16-18H2,1H3/t23-/m1/s1. The van der Waals surface area contributed by atoms with Gasteiger partial charge < -0.3 is 10.1 Å². The maximum absolute atomic E-state index is 5.83. The number of nitrogens with one attached hydrogen (secondary N) is 1. The first kappa shape index (κ1) is 19.2. The molecule has 5 nitrogen and oxygen atoms in total. The quantitative estimate of drug-likeness (QED) is 0.665. The molecule has 0 saturated carbocycles. The van der Waals surface area contributed by atoms with Gasteiger partial charge in [-0.25, -0.2) is 4.68 Å². The molecule has 0 spiro atoms. The summed E-state index contributed by atoms with van der Waals surface area (Å²) in [6.07, 6.45) is 3.74. The van der Waals surface area contributed by atoms with Crippen molar-refractivity contribution in [3.05, 3.63) is 65.9 Å².